The average molecular weight is 346 g/mol. The number of quaternary nitrogens is 1. The van der Waals surface area contributed by atoms with Gasteiger partial charge in [-0.25, -0.2) is 0 Å². The molecule has 6 heteroatoms. The van der Waals surface area contributed by atoms with Crippen LogP contribution >= 0.6 is 11.3 Å². The van der Waals surface area contributed by atoms with E-state index in [1.54, 1.807) is 17.4 Å². The monoisotopic (exact) mass is 346 g/mol. The molecule has 1 saturated heterocycles. The molecule has 0 bridgehead atoms. The van der Waals surface area contributed by atoms with Gasteiger partial charge in [0, 0.05) is 4.88 Å². The van der Waals surface area contributed by atoms with Crippen LogP contribution in [-0.2, 0) is 4.79 Å². The number of carbonyl (C=O) groups excluding carboxylic acids is 1. The largest absolute Gasteiger partial charge is 0.506 e. The van der Waals surface area contributed by atoms with Gasteiger partial charge in [0.15, 0.2) is 6.54 Å². The van der Waals surface area contributed by atoms with Crippen LogP contribution in [0.2, 0.25) is 0 Å². The van der Waals surface area contributed by atoms with Crippen molar-refractivity contribution >= 4 is 22.9 Å². The summed E-state index contributed by atoms with van der Waals surface area (Å²) in [7, 11) is 0. The van der Waals surface area contributed by atoms with Gasteiger partial charge in [-0.15, -0.1) is 11.3 Å². The first-order valence-corrected chi connectivity index (χ1v) is 9.20. The minimum absolute atomic E-state index is 0.0689. The molecule has 128 valence electrons. The van der Waals surface area contributed by atoms with Gasteiger partial charge in [0.05, 0.1) is 37.9 Å². The minimum Gasteiger partial charge on any atom is -0.506 e. The molecule has 3 rings (SSSR count). The van der Waals surface area contributed by atoms with E-state index < -0.39 is 0 Å². The van der Waals surface area contributed by atoms with Gasteiger partial charge in [-0.1, -0.05) is 18.2 Å². The van der Waals surface area contributed by atoms with E-state index in [0.717, 1.165) is 31.9 Å². The molecule has 1 fully saturated rings. The summed E-state index contributed by atoms with van der Waals surface area (Å²) in [5, 5.41) is 15.1. The van der Waals surface area contributed by atoms with Crippen molar-refractivity contribution < 1.29 is 14.8 Å². The van der Waals surface area contributed by atoms with Crippen molar-refractivity contribution in [2.45, 2.75) is 13.0 Å². The van der Waals surface area contributed by atoms with Crippen molar-refractivity contribution in [1.29, 1.82) is 0 Å². The Morgan fingerprint density at radius 3 is 2.71 bits per heavy atom. The smallest absolute Gasteiger partial charge is 0.275 e. The normalized spacial score (nSPS) is 16.8. The molecule has 2 heterocycles. The van der Waals surface area contributed by atoms with Crippen LogP contribution in [0.15, 0.2) is 41.8 Å². The number of amides is 1. The molecule has 24 heavy (non-hydrogen) atoms. The standard InChI is InChI=1S/C18H23N3O2S/c1-14(17-7-4-12-24-17)19-18(23)13-20-8-10-21(11-9-20)15-5-2-3-6-16(15)22/h2-7,12,14,22H,8-11,13H2,1H3,(H,19,23)/p+1/t14-/m1/s1. The van der Waals surface area contributed by atoms with Gasteiger partial charge in [-0.2, -0.15) is 0 Å². The number of rotatable bonds is 5. The summed E-state index contributed by atoms with van der Waals surface area (Å²) in [6.07, 6.45) is 0. The topological polar surface area (TPSA) is 57.0 Å². The zero-order valence-corrected chi connectivity index (χ0v) is 14.7. The summed E-state index contributed by atoms with van der Waals surface area (Å²) in [5.41, 5.74) is 0.882. The van der Waals surface area contributed by atoms with E-state index >= 15 is 0 Å². The molecule has 0 aliphatic carbocycles. The summed E-state index contributed by atoms with van der Waals surface area (Å²) in [6, 6.07) is 11.6. The van der Waals surface area contributed by atoms with Gasteiger partial charge in [0.25, 0.3) is 5.91 Å². The first-order valence-electron chi connectivity index (χ1n) is 8.33. The molecule has 1 aromatic carbocycles. The van der Waals surface area contributed by atoms with E-state index in [0.29, 0.717) is 12.3 Å². The number of hydrogen-bond acceptors (Lipinski definition) is 4. The molecule has 0 saturated carbocycles. The molecular weight excluding hydrogens is 322 g/mol. The second kappa shape index (κ2) is 7.68. The molecule has 1 aliphatic rings. The second-order valence-electron chi connectivity index (χ2n) is 6.21. The third-order valence-corrected chi connectivity index (χ3v) is 5.51. The van der Waals surface area contributed by atoms with Crippen molar-refractivity contribution in [2.24, 2.45) is 0 Å². The molecule has 0 spiro atoms. The fourth-order valence-corrected chi connectivity index (χ4v) is 3.84. The van der Waals surface area contributed by atoms with Gasteiger partial charge < -0.3 is 20.2 Å². The number of nitrogens with zero attached hydrogens (tertiary/aromatic N) is 1. The molecule has 0 unspecified atom stereocenters. The third-order valence-electron chi connectivity index (χ3n) is 4.45. The highest BCUT2D eigenvalue weighted by Crippen LogP contribution is 2.25. The fraction of sp³-hybridized carbons (Fsp3) is 0.389. The Morgan fingerprint density at radius 1 is 1.29 bits per heavy atom. The van der Waals surface area contributed by atoms with E-state index in [9.17, 15) is 9.90 Å². The number of anilines is 1. The maximum atomic E-state index is 12.2. The predicted molar refractivity (Wildman–Crippen MR) is 96.8 cm³/mol. The highest BCUT2D eigenvalue weighted by atomic mass is 32.1. The van der Waals surface area contributed by atoms with Crippen LogP contribution in [0, 0.1) is 0 Å². The fourth-order valence-electron chi connectivity index (χ4n) is 3.10. The number of phenols is 1. The van der Waals surface area contributed by atoms with Crippen LogP contribution in [0.1, 0.15) is 17.8 Å². The van der Waals surface area contributed by atoms with Gasteiger partial charge in [0.1, 0.15) is 5.75 Å². The predicted octanol–water partition coefficient (Wildman–Crippen LogP) is 1.04. The first kappa shape index (κ1) is 16.8. The Kier molecular flexibility index (Phi) is 5.37. The Balaban J connectivity index is 1.47. The van der Waals surface area contributed by atoms with E-state index in [-0.39, 0.29) is 11.9 Å². The van der Waals surface area contributed by atoms with E-state index in [1.165, 1.54) is 9.78 Å². The van der Waals surface area contributed by atoms with Crippen molar-refractivity contribution in [3.8, 4) is 5.75 Å². The molecule has 5 nitrogen and oxygen atoms in total. The summed E-state index contributed by atoms with van der Waals surface area (Å²) in [5.74, 6) is 0.422. The molecule has 1 aromatic heterocycles. The van der Waals surface area contributed by atoms with Gasteiger partial charge >= 0.3 is 0 Å². The lowest BCUT2D eigenvalue weighted by Gasteiger charge is -2.33. The van der Waals surface area contributed by atoms with Gasteiger partial charge in [-0.3, -0.25) is 4.79 Å². The summed E-state index contributed by atoms with van der Waals surface area (Å²) in [6.45, 7) is 6.02. The number of aromatic hydroxyl groups is 1. The third kappa shape index (κ3) is 4.07. The molecule has 1 atom stereocenters. The van der Waals surface area contributed by atoms with Crippen LogP contribution in [0.4, 0.5) is 5.69 Å². The lowest BCUT2D eigenvalue weighted by Crippen LogP contribution is -3.15. The van der Waals surface area contributed by atoms with E-state index in [4.69, 9.17) is 0 Å². The quantitative estimate of drug-likeness (QED) is 0.758. The van der Waals surface area contributed by atoms with Gasteiger partial charge in [-0.05, 0) is 30.5 Å². The molecule has 3 N–H and O–H groups in total. The number of phenolic OH excluding ortho intramolecular Hbond substituents is 1. The Hall–Kier alpha value is -2.05. The second-order valence-corrected chi connectivity index (χ2v) is 7.19. The van der Waals surface area contributed by atoms with Crippen molar-refractivity contribution in [2.75, 3.05) is 37.6 Å². The maximum absolute atomic E-state index is 12.2. The molecule has 1 amide bonds. The number of thiophene rings is 1. The number of hydrogen-bond donors (Lipinski definition) is 3. The lowest BCUT2D eigenvalue weighted by molar-refractivity contribution is -0.892. The zero-order chi connectivity index (χ0) is 16.9. The highest BCUT2D eigenvalue weighted by Gasteiger charge is 2.24. The van der Waals surface area contributed by atoms with Crippen LogP contribution in [-0.4, -0.2) is 43.7 Å². The molecule has 1 aliphatic heterocycles. The molecule has 2 aromatic rings. The molecular formula is C18H24N3O2S+. The maximum Gasteiger partial charge on any atom is 0.275 e. The van der Waals surface area contributed by atoms with Gasteiger partial charge in [0.2, 0.25) is 0 Å². The Bertz CT molecular complexity index is 667. The van der Waals surface area contributed by atoms with Crippen LogP contribution in [0.25, 0.3) is 0 Å². The van der Waals surface area contributed by atoms with Crippen molar-refractivity contribution in [1.82, 2.24) is 5.32 Å². The number of benzene rings is 1. The summed E-state index contributed by atoms with van der Waals surface area (Å²) >= 11 is 1.67. The van der Waals surface area contributed by atoms with E-state index in [2.05, 4.69) is 10.2 Å². The Morgan fingerprint density at radius 2 is 2.04 bits per heavy atom. The van der Waals surface area contributed by atoms with E-state index in [1.807, 2.05) is 42.6 Å². The number of para-hydroxylation sites is 2. The summed E-state index contributed by atoms with van der Waals surface area (Å²) in [4.78, 5) is 16.9. The number of piperazine rings is 1. The zero-order valence-electron chi connectivity index (χ0n) is 13.9. The minimum atomic E-state index is 0.0689. The number of carbonyl (C=O) groups is 1. The van der Waals surface area contributed by atoms with Crippen molar-refractivity contribution in [3.05, 3.63) is 46.7 Å². The summed E-state index contributed by atoms with van der Waals surface area (Å²) < 4.78 is 0. The van der Waals surface area contributed by atoms with Crippen molar-refractivity contribution in [3.63, 3.8) is 0 Å². The average Bonchev–Trinajstić information content (AvgIpc) is 3.11. The SMILES string of the molecule is C[C@@H](NC(=O)C[NH+]1CCN(c2ccccc2O)CC1)c1cccs1. The Labute approximate surface area is 146 Å². The highest BCUT2D eigenvalue weighted by molar-refractivity contribution is 7.10. The van der Waals surface area contributed by atoms with Crippen LogP contribution in [0.5, 0.6) is 5.75 Å². The first-order chi connectivity index (χ1) is 11.6. The molecule has 0 radical (unpaired) electrons. The van der Waals surface area contributed by atoms with Crippen LogP contribution < -0.4 is 15.1 Å². The number of nitrogens with one attached hydrogen (secondary N) is 2. The lowest BCUT2D eigenvalue weighted by atomic mass is 10.2. The van der Waals surface area contributed by atoms with Crippen LogP contribution in [0.3, 0.4) is 0 Å².